The summed E-state index contributed by atoms with van der Waals surface area (Å²) >= 11 is 6.45. The van der Waals surface area contributed by atoms with Crippen molar-refractivity contribution < 1.29 is 14.3 Å². The van der Waals surface area contributed by atoms with E-state index in [9.17, 15) is 9.59 Å². The molecule has 1 aliphatic rings. The number of carbonyl (C=O) groups is 1. The van der Waals surface area contributed by atoms with Crippen LogP contribution in [-0.4, -0.2) is 30.0 Å². The molecule has 0 spiro atoms. The molecule has 186 valence electrons. The van der Waals surface area contributed by atoms with Crippen LogP contribution in [-0.2, 0) is 9.53 Å². The van der Waals surface area contributed by atoms with Crippen LogP contribution in [0.1, 0.15) is 31.0 Å². The number of thiazole rings is 1. The van der Waals surface area contributed by atoms with Gasteiger partial charge in [-0.3, -0.25) is 9.36 Å². The summed E-state index contributed by atoms with van der Waals surface area (Å²) in [6, 6.07) is 12.9. The number of hydrogen-bond acceptors (Lipinski definition) is 7. The molecule has 1 aliphatic heterocycles. The Balaban J connectivity index is 1.86. The predicted molar refractivity (Wildman–Crippen MR) is 148 cm³/mol. The Morgan fingerprint density at radius 3 is 2.67 bits per heavy atom. The van der Waals surface area contributed by atoms with Crippen LogP contribution < -0.4 is 19.6 Å². The van der Waals surface area contributed by atoms with Crippen LogP contribution in [0.3, 0.4) is 0 Å². The third kappa shape index (κ3) is 5.28. The molecule has 1 aromatic heterocycles. The molecule has 2 heterocycles. The predicted octanol–water partition coefficient (Wildman–Crippen LogP) is 4.85. The summed E-state index contributed by atoms with van der Waals surface area (Å²) in [4.78, 5) is 33.0. The van der Waals surface area contributed by atoms with Crippen molar-refractivity contribution in [2.24, 2.45) is 4.99 Å². The lowest BCUT2D eigenvalue weighted by Crippen LogP contribution is -2.39. The average Bonchev–Trinajstić information content (AvgIpc) is 3.17. The number of fused-ring (bicyclic) bond motifs is 1. The van der Waals surface area contributed by atoms with Gasteiger partial charge in [-0.15, -0.1) is 11.8 Å². The molecule has 2 aromatic carbocycles. The number of esters is 1. The number of thioether (sulfide) groups is 1. The first-order chi connectivity index (χ1) is 17.4. The fourth-order valence-electron chi connectivity index (χ4n) is 3.92. The number of carbonyl (C=O) groups excluding carboxylic acids is 1. The van der Waals surface area contributed by atoms with Crippen molar-refractivity contribution in [3.63, 3.8) is 0 Å². The van der Waals surface area contributed by atoms with Gasteiger partial charge >= 0.3 is 5.97 Å². The summed E-state index contributed by atoms with van der Waals surface area (Å²) in [6.45, 7) is 7.84. The third-order valence-corrected chi connectivity index (χ3v) is 7.91. The summed E-state index contributed by atoms with van der Waals surface area (Å²) in [5, 5.41) is 0. The highest BCUT2D eigenvalue weighted by Crippen LogP contribution is 2.32. The van der Waals surface area contributed by atoms with Gasteiger partial charge in [-0.25, -0.2) is 9.79 Å². The maximum Gasteiger partial charge on any atom is 0.338 e. The molecule has 3 aromatic rings. The first-order valence-corrected chi connectivity index (χ1v) is 14.1. The van der Waals surface area contributed by atoms with Gasteiger partial charge in [0.25, 0.3) is 5.56 Å². The van der Waals surface area contributed by atoms with Gasteiger partial charge in [0.2, 0.25) is 0 Å². The topological polar surface area (TPSA) is 69.9 Å². The number of nitrogens with zero attached hydrogens (tertiary/aromatic N) is 2. The number of aromatic nitrogens is 1. The fraction of sp³-hybridized carbons (Fsp3) is 0.222. The number of allylic oxidation sites excluding steroid dienone is 1. The summed E-state index contributed by atoms with van der Waals surface area (Å²) < 4.78 is 13.9. The molecular formula is C27H25BrN2O4S2. The normalized spacial score (nSPS) is 15.3. The molecular weight excluding hydrogens is 560 g/mol. The molecule has 0 bridgehead atoms. The molecule has 0 fully saturated rings. The quantitative estimate of drug-likeness (QED) is 0.215. The fourth-order valence-corrected chi connectivity index (χ4v) is 5.88. The van der Waals surface area contributed by atoms with Crippen molar-refractivity contribution in [1.82, 2.24) is 4.57 Å². The summed E-state index contributed by atoms with van der Waals surface area (Å²) in [7, 11) is 0. The van der Waals surface area contributed by atoms with E-state index in [0.717, 1.165) is 20.5 Å². The number of rotatable bonds is 8. The minimum absolute atomic E-state index is 0.213. The smallest absolute Gasteiger partial charge is 0.338 e. The molecule has 6 nitrogen and oxygen atoms in total. The molecule has 4 rings (SSSR count). The van der Waals surface area contributed by atoms with Crippen molar-refractivity contribution >= 4 is 51.1 Å². The van der Waals surface area contributed by atoms with Crippen molar-refractivity contribution in [2.75, 3.05) is 19.5 Å². The van der Waals surface area contributed by atoms with E-state index >= 15 is 0 Å². The van der Waals surface area contributed by atoms with Gasteiger partial charge in [-0.05, 0) is 77.5 Å². The van der Waals surface area contributed by atoms with Gasteiger partial charge in [0.1, 0.15) is 12.4 Å². The summed E-state index contributed by atoms with van der Waals surface area (Å²) in [6.07, 6.45) is 5.50. The van der Waals surface area contributed by atoms with E-state index in [-0.39, 0.29) is 12.2 Å². The van der Waals surface area contributed by atoms with Crippen molar-refractivity contribution in [2.45, 2.75) is 24.8 Å². The highest BCUT2D eigenvalue weighted by atomic mass is 79.9. The molecule has 36 heavy (non-hydrogen) atoms. The van der Waals surface area contributed by atoms with Crippen molar-refractivity contribution in [1.29, 1.82) is 0 Å². The van der Waals surface area contributed by atoms with Crippen LogP contribution in [0, 0.1) is 0 Å². The van der Waals surface area contributed by atoms with Gasteiger partial charge in [-0.1, -0.05) is 42.2 Å². The largest absolute Gasteiger partial charge is 0.488 e. The number of benzene rings is 2. The minimum Gasteiger partial charge on any atom is -0.488 e. The van der Waals surface area contributed by atoms with Crippen molar-refractivity contribution in [3.8, 4) is 5.75 Å². The molecule has 0 N–H and O–H groups in total. The van der Waals surface area contributed by atoms with Gasteiger partial charge in [0.15, 0.2) is 4.80 Å². The second-order valence-corrected chi connectivity index (χ2v) is 10.6. The SMILES string of the molecule is C=CCOc1ccc(/C=c2\sc3n(c2=O)[C@@H](c2ccc(SC)cc2)C(C(=O)OCC)=C(C)N=3)cc1Br. The van der Waals surface area contributed by atoms with Crippen LogP contribution in [0.5, 0.6) is 5.75 Å². The third-order valence-electron chi connectivity index (χ3n) is 5.56. The Kier molecular flexibility index (Phi) is 8.33. The zero-order valence-electron chi connectivity index (χ0n) is 20.1. The Bertz CT molecular complexity index is 1520. The number of hydrogen-bond donors (Lipinski definition) is 0. The molecule has 0 unspecified atom stereocenters. The van der Waals surface area contributed by atoms with E-state index in [1.54, 1.807) is 36.3 Å². The molecule has 0 aliphatic carbocycles. The standard InChI is InChI=1S/C27H25BrN2O4S2/c1-5-13-34-21-12-7-17(14-20(21)28)15-22-25(31)30-24(18-8-10-19(35-4)11-9-18)23(26(32)33-6-2)16(3)29-27(30)36-22/h5,7-12,14-15,24H,1,6,13H2,2-4H3/b22-15-/t24-/m0/s1. The summed E-state index contributed by atoms with van der Waals surface area (Å²) in [5.41, 5.74) is 2.37. The van der Waals surface area contributed by atoms with Crippen LogP contribution in [0.15, 0.2) is 85.5 Å². The molecule has 0 amide bonds. The van der Waals surface area contributed by atoms with Crippen molar-refractivity contribution in [3.05, 3.63) is 102 Å². The van der Waals surface area contributed by atoms with E-state index < -0.39 is 12.0 Å². The van der Waals surface area contributed by atoms with Crippen LogP contribution in [0.2, 0.25) is 0 Å². The van der Waals surface area contributed by atoms with Gasteiger partial charge < -0.3 is 9.47 Å². The molecule has 0 saturated carbocycles. The first-order valence-electron chi connectivity index (χ1n) is 11.2. The summed E-state index contributed by atoms with van der Waals surface area (Å²) in [5.74, 6) is 0.225. The zero-order chi connectivity index (χ0) is 25.8. The molecule has 0 saturated heterocycles. The Labute approximate surface area is 225 Å². The van der Waals surface area contributed by atoms with E-state index in [4.69, 9.17) is 9.47 Å². The maximum atomic E-state index is 13.7. The van der Waals surface area contributed by atoms with Crippen LogP contribution in [0.4, 0.5) is 0 Å². The first kappa shape index (κ1) is 26.2. The second kappa shape index (κ2) is 11.5. The van der Waals surface area contributed by atoms with Gasteiger partial charge in [-0.2, -0.15) is 0 Å². The van der Waals surface area contributed by atoms with Gasteiger partial charge in [0, 0.05) is 4.90 Å². The van der Waals surface area contributed by atoms with E-state index in [1.165, 1.54) is 11.3 Å². The van der Waals surface area contributed by atoms with E-state index in [1.807, 2.05) is 54.8 Å². The molecule has 9 heteroatoms. The Morgan fingerprint density at radius 2 is 2.03 bits per heavy atom. The second-order valence-electron chi connectivity index (χ2n) is 7.86. The lowest BCUT2D eigenvalue weighted by molar-refractivity contribution is -0.139. The van der Waals surface area contributed by atoms with Crippen LogP contribution in [0.25, 0.3) is 6.08 Å². The van der Waals surface area contributed by atoms with Crippen LogP contribution >= 0.6 is 39.0 Å². The average molecular weight is 586 g/mol. The molecule has 1 atom stereocenters. The van der Waals surface area contributed by atoms with E-state index in [2.05, 4.69) is 27.5 Å². The highest BCUT2D eigenvalue weighted by molar-refractivity contribution is 9.10. The van der Waals surface area contributed by atoms with E-state index in [0.29, 0.717) is 33.0 Å². The molecule has 0 radical (unpaired) electrons. The van der Waals surface area contributed by atoms with Gasteiger partial charge in [0.05, 0.1) is 32.9 Å². The number of ether oxygens (including phenoxy) is 2. The highest BCUT2D eigenvalue weighted by Gasteiger charge is 2.33. The Morgan fingerprint density at radius 1 is 1.28 bits per heavy atom. The Hall–Kier alpha value is -2.88. The maximum absolute atomic E-state index is 13.7. The lowest BCUT2D eigenvalue weighted by atomic mass is 9.96. The lowest BCUT2D eigenvalue weighted by Gasteiger charge is -2.24. The number of halogens is 1. The monoisotopic (exact) mass is 584 g/mol. The zero-order valence-corrected chi connectivity index (χ0v) is 23.3. The minimum atomic E-state index is -0.625.